The first kappa shape index (κ1) is 19.2. The van der Waals surface area contributed by atoms with Crippen LogP contribution in [0.2, 0.25) is 5.02 Å². The van der Waals surface area contributed by atoms with E-state index in [1.165, 1.54) is 11.3 Å². The zero-order chi connectivity index (χ0) is 19.6. The number of aromatic nitrogens is 1. The molecule has 140 valence electrons. The maximum atomic E-state index is 12.7. The zero-order valence-corrected chi connectivity index (χ0v) is 17.0. The topological polar surface area (TPSA) is 60.5 Å². The first-order valence-electron chi connectivity index (χ1n) is 8.21. The number of ether oxygens (including phenoxy) is 2. The van der Waals surface area contributed by atoms with Crippen LogP contribution in [0.5, 0.6) is 11.5 Å². The Balaban J connectivity index is 1.90. The van der Waals surface area contributed by atoms with Crippen LogP contribution in [0, 0.1) is 13.8 Å². The summed E-state index contributed by atoms with van der Waals surface area (Å²) >= 11 is 7.46. The lowest BCUT2D eigenvalue weighted by atomic mass is 10.2. The van der Waals surface area contributed by atoms with Gasteiger partial charge in [-0.1, -0.05) is 17.7 Å². The molecule has 0 aliphatic heterocycles. The van der Waals surface area contributed by atoms with Crippen LogP contribution >= 0.6 is 22.9 Å². The highest BCUT2D eigenvalue weighted by atomic mass is 35.5. The van der Waals surface area contributed by atoms with Crippen molar-refractivity contribution in [3.8, 4) is 22.1 Å². The van der Waals surface area contributed by atoms with Crippen molar-refractivity contribution in [1.82, 2.24) is 4.98 Å². The van der Waals surface area contributed by atoms with Crippen molar-refractivity contribution in [2.75, 3.05) is 19.5 Å². The number of anilines is 1. The third-order valence-electron chi connectivity index (χ3n) is 4.15. The maximum absolute atomic E-state index is 12.7. The monoisotopic (exact) mass is 402 g/mol. The molecule has 27 heavy (non-hydrogen) atoms. The number of hydrogen-bond acceptors (Lipinski definition) is 5. The first-order chi connectivity index (χ1) is 12.9. The fourth-order valence-electron chi connectivity index (χ4n) is 2.62. The van der Waals surface area contributed by atoms with E-state index in [2.05, 4.69) is 10.3 Å². The number of rotatable bonds is 5. The molecule has 0 spiro atoms. The molecule has 1 amide bonds. The molecule has 0 atom stereocenters. The quantitative estimate of drug-likeness (QED) is 0.624. The number of carbonyl (C=O) groups excluding carboxylic acids is 1. The summed E-state index contributed by atoms with van der Waals surface area (Å²) in [6.07, 6.45) is 0. The van der Waals surface area contributed by atoms with Crippen LogP contribution < -0.4 is 14.8 Å². The van der Waals surface area contributed by atoms with Gasteiger partial charge in [-0.25, -0.2) is 4.98 Å². The Morgan fingerprint density at radius 1 is 1.11 bits per heavy atom. The lowest BCUT2D eigenvalue weighted by Gasteiger charge is -2.08. The molecule has 1 N–H and O–H groups in total. The molecule has 0 unspecified atom stereocenters. The molecule has 3 rings (SSSR count). The van der Waals surface area contributed by atoms with E-state index in [4.69, 9.17) is 21.1 Å². The van der Waals surface area contributed by atoms with Gasteiger partial charge in [-0.3, -0.25) is 4.79 Å². The molecule has 0 aliphatic carbocycles. The number of aryl methyl sites for hydroxylation is 1. The number of amides is 1. The summed E-state index contributed by atoms with van der Waals surface area (Å²) in [7, 11) is 3.17. The number of hydrogen-bond donors (Lipinski definition) is 1. The van der Waals surface area contributed by atoms with Crippen LogP contribution in [0.3, 0.4) is 0 Å². The van der Waals surface area contributed by atoms with Gasteiger partial charge >= 0.3 is 0 Å². The number of benzene rings is 2. The number of halogens is 1. The summed E-state index contributed by atoms with van der Waals surface area (Å²) in [5.41, 5.74) is 3.04. The van der Waals surface area contributed by atoms with Gasteiger partial charge in [0, 0.05) is 16.3 Å². The Bertz CT molecular complexity index is 1000. The highest BCUT2D eigenvalue weighted by Gasteiger charge is 2.18. The SMILES string of the molecule is COc1ccc(-c2nc(C)c(C(=O)Nc3cccc(Cl)c3C)s2)cc1OC. The van der Waals surface area contributed by atoms with Crippen LogP contribution in [-0.2, 0) is 0 Å². The third-order valence-corrected chi connectivity index (χ3v) is 5.76. The van der Waals surface area contributed by atoms with Gasteiger partial charge in [0.15, 0.2) is 11.5 Å². The standard InChI is InChI=1S/C20H19ClN2O3S/c1-11-14(21)6-5-7-15(11)23-19(24)18-12(2)22-20(27-18)13-8-9-16(25-3)17(10-13)26-4/h5-10H,1-4H3,(H,23,24). The van der Waals surface area contributed by atoms with Crippen LogP contribution in [0.25, 0.3) is 10.6 Å². The van der Waals surface area contributed by atoms with Crippen LogP contribution in [-0.4, -0.2) is 25.1 Å². The van der Waals surface area contributed by atoms with Gasteiger partial charge in [-0.15, -0.1) is 11.3 Å². The normalized spacial score (nSPS) is 10.6. The van der Waals surface area contributed by atoms with E-state index in [-0.39, 0.29) is 5.91 Å². The summed E-state index contributed by atoms with van der Waals surface area (Å²) in [5, 5.41) is 4.26. The Kier molecular flexibility index (Phi) is 5.68. The van der Waals surface area contributed by atoms with Crippen molar-refractivity contribution in [3.63, 3.8) is 0 Å². The number of nitrogens with zero attached hydrogens (tertiary/aromatic N) is 1. The maximum Gasteiger partial charge on any atom is 0.267 e. The van der Waals surface area contributed by atoms with Crippen molar-refractivity contribution in [2.24, 2.45) is 0 Å². The molecule has 0 bridgehead atoms. The lowest BCUT2D eigenvalue weighted by molar-refractivity contribution is 0.102. The second-order valence-corrected chi connectivity index (χ2v) is 7.28. The van der Waals surface area contributed by atoms with E-state index in [9.17, 15) is 4.79 Å². The highest BCUT2D eigenvalue weighted by Crippen LogP contribution is 2.35. The van der Waals surface area contributed by atoms with Gasteiger partial charge in [0.2, 0.25) is 0 Å². The molecule has 0 saturated heterocycles. The average molecular weight is 403 g/mol. The largest absolute Gasteiger partial charge is 0.493 e. The van der Waals surface area contributed by atoms with Crippen molar-refractivity contribution in [1.29, 1.82) is 0 Å². The minimum absolute atomic E-state index is 0.206. The molecule has 7 heteroatoms. The van der Waals surface area contributed by atoms with Gasteiger partial charge in [-0.05, 0) is 49.7 Å². The van der Waals surface area contributed by atoms with Crippen LogP contribution in [0.1, 0.15) is 20.9 Å². The predicted octanol–water partition coefficient (Wildman–Crippen LogP) is 5.35. The van der Waals surface area contributed by atoms with Gasteiger partial charge in [0.05, 0.1) is 19.9 Å². The Labute approximate surface area is 166 Å². The summed E-state index contributed by atoms with van der Waals surface area (Å²) < 4.78 is 10.6. The zero-order valence-electron chi connectivity index (χ0n) is 15.4. The Morgan fingerprint density at radius 3 is 2.56 bits per heavy atom. The minimum Gasteiger partial charge on any atom is -0.493 e. The lowest BCUT2D eigenvalue weighted by Crippen LogP contribution is -2.12. The third kappa shape index (κ3) is 3.91. The van der Waals surface area contributed by atoms with E-state index in [0.717, 1.165) is 16.1 Å². The number of carbonyl (C=O) groups is 1. The van der Waals surface area contributed by atoms with E-state index in [1.54, 1.807) is 26.4 Å². The van der Waals surface area contributed by atoms with Crippen molar-refractivity contribution >= 4 is 34.5 Å². The molecular formula is C20H19ClN2O3S. The molecule has 0 fully saturated rings. The molecule has 2 aromatic carbocycles. The average Bonchev–Trinajstić information content (AvgIpc) is 3.06. The molecular weight excluding hydrogens is 384 g/mol. The van der Waals surface area contributed by atoms with Gasteiger partial charge < -0.3 is 14.8 Å². The summed E-state index contributed by atoms with van der Waals surface area (Å²) in [6.45, 7) is 3.69. The first-order valence-corrected chi connectivity index (χ1v) is 9.40. The highest BCUT2D eigenvalue weighted by molar-refractivity contribution is 7.17. The Hall–Kier alpha value is -2.57. The predicted molar refractivity (Wildman–Crippen MR) is 110 cm³/mol. The minimum atomic E-state index is -0.206. The molecule has 3 aromatic rings. The van der Waals surface area contributed by atoms with Gasteiger partial charge in [0.1, 0.15) is 9.88 Å². The Morgan fingerprint density at radius 2 is 1.85 bits per heavy atom. The van der Waals surface area contributed by atoms with E-state index in [1.807, 2.05) is 38.1 Å². The summed E-state index contributed by atoms with van der Waals surface area (Å²) in [5.74, 6) is 1.05. The molecule has 0 saturated carbocycles. The number of nitrogens with one attached hydrogen (secondary N) is 1. The fraction of sp³-hybridized carbons (Fsp3) is 0.200. The molecule has 0 radical (unpaired) electrons. The fourth-order valence-corrected chi connectivity index (χ4v) is 3.75. The van der Waals surface area contributed by atoms with E-state index in [0.29, 0.717) is 32.8 Å². The molecule has 1 heterocycles. The second-order valence-electron chi connectivity index (χ2n) is 5.87. The molecule has 5 nitrogen and oxygen atoms in total. The summed E-state index contributed by atoms with van der Waals surface area (Å²) in [4.78, 5) is 17.8. The van der Waals surface area contributed by atoms with Crippen molar-refractivity contribution in [3.05, 3.63) is 57.6 Å². The van der Waals surface area contributed by atoms with Crippen molar-refractivity contribution < 1.29 is 14.3 Å². The number of thiazole rings is 1. The van der Waals surface area contributed by atoms with E-state index < -0.39 is 0 Å². The van der Waals surface area contributed by atoms with Gasteiger partial charge in [0.25, 0.3) is 5.91 Å². The molecule has 1 aromatic heterocycles. The number of methoxy groups -OCH3 is 2. The second kappa shape index (κ2) is 7.98. The summed E-state index contributed by atoms with van der Waals surface area (Å²) in [6, 6.07) is 11.0. The van der Waals surface area contributed by atoms with E-state index >= 15 is 0 Å². The van der Waals surface area contributed by atoms with Crippen LogP contribution in [0.15, 0.2) is 36.4 Å². The van der Waals surface area contributed by atoms with Crippen LogP contribution in [0.4, 0.5) is 5.69 Å². The van der Waals surface area contributed by atoms with Crippen molar-refractivity contribution in [2.45, 2.75) is 13.8 Å². The smallest absolute Gasteiger partial charge is 0.267 e. The van der Waals surface area contributed by atoms with Gasteiger partial charge in [-0.2, -0.15) is 0 Å². The molecule has 0 aliphatic rings.